The zero-order valence-electron chi connectivity index (χ0n) is 10.5. The third-order valence-corrected chi connectivity index (χ3v) is 3.56. The average molecular weight is 342 g/mol. The van der Waals surface area contributed by atoms with Crippen molar-refractivity contribution < 1.29 is 9.47 Å². The van der Waals surface area contributed by atoms with E-state index < -0.39 is 0 Å². The molecule has 2 aromatic carbocycles. The van der Waals surface area contributed by atoms with Gasteiger partial charge in [-0.15, -0.1) is 0 Å². The second-order valence-corrected chi connectivity index (χ2v) is 5.00. The highest BCUT2D eigenvalue weighted by Crippen LogP contribution is 2.32. The molecule has 0 aromatic heterocycles. The molecule has 4 heteroatoms. The molecule has 19 heavy (non-hydrogen) atoms. The molecule has 0 aliphatic carbocycles. The van der Waals surface area contributed by atoms with E-state index in [1.54, 1.807) is 7.11 Å². The van der Waals surface area contributed by atoms with Gasteiger partial charge >= 0.3 is 0 Å². The maximum Gasteiger partial charge on any atom is 0.132 e. The molecular formula is C15H14BrClO2. The van der Waals surface area contributed by atoms with Crippen LogP contribution < -0.4 is 4.74 Å². The van der Waals surface area contributed by atoms with E-state index in [1.807, 2.05) is 42.5 Å². The maximum absolute atomic E-state index is 6.15. The summed E-state index contributed by atoms with van der Waals surface area (Å²) < 4.78 is 11.0. The molecule has 0 saturated carbocycles. The van der Waals surface area contributed by atoms with Crippen LogP contribution in [0.2, 0.25) is 5.02 Å². The summed E-state index contributed by atoms with van der Waals surface area (Å²) in [6, 6.07) is 13.5. The third kappa shape index (κ3) is 3.72. The van der Waals surface area contributed by atoms with Gasteiger partial charge in [-0.2, -0.15) is 0 Å². The molecule has 0 radical (unpaired) electrons. The molecule has 2 rings (SSSR count). The van der Waals surface area contributed by atoms with E-state index in [4.69, 9.17) is 21.1 Å². The van der Waals surface area contributed by atoms with Crippen LogP contribution in [0.5, 0.6) is 11.5 Å². The number of alkyl halides is 1. The number of rotatable bonds is 5. The van der Waals surface area contributed by atoms with Crippen LogP contribution in [-0.2, 0) is 16.7 Å². The smallest absolute Gasteiger partial charge is 0.132 e. The highest BCUT2D eigenvalue weighted by Gasteiger charge is 2.08. The highest BCUT2D eigenvalue weighted by molar-refractivity contribution is 9.08. The molecule has 0 amide bonds. The molecule has 2 nitrogen and oxygen atoms in total. The Kier molecular flexibility index (Phi) is 5.25. The fraction of sp³-hybridized carbons (Fsp3) is 0.200. The Balaban J connectivity index is 2.26. The van der Waals surface area contributed by atoms with E-state index in [2.05, 4.69) is 15.9 Å². The Morgan fingerprint density at radius 2 is 1.95 bits per heavy atom. The Hall–Kier alpha value is -1.03. The number of benzene rings is 2. The SMILES string of the molecule is COCc1cccc(Oc2cccc(Cl)c2CBr)c1. The lowest BCUT2D eigenvalue weighted by molar-refractivity contribution is 0.184. The predicted octanol–water partition coefficient (Wildman–Crippen LogP) is 5.17. The van der Waals surface area contributed by atoms with E-state index in [-0.39, 0.29) is 0 Å². The normalized spacial score (nSPS) is 10.5. The molecular weight excluding hydrogens is 328 g/mol. The molecule has 0 spiro atoms. The largest absolute Gasteiger partial charge is 0.457 e. The monoisotopic (exact) mass is 340 g/mol. The Morgan fingerprint density at radius 1 is 1.16 bits per heavy atom. The van der Waals surface area contributed by atoms with E-state index >= 15 is 0 Å². The standard InChI is InChI=1S/C15H14BrClO2/c1-18-10-11-4-2-5-12(8-11)19-15-7-3-6-14(17)13(15)9-16/h2-8H,9-10H2,1H3. The van der Waals surface area contributed by atoms with Gasteiger partial charge in [0.05, 0.1) is 6.61 Å². The van der Waals surface area contributed by atoms with Gasteiger partial charge in [0, 0.05) is 23.0 Å². The molecule has 0 N–H and O–H groups in total. The number of hydrogen-bond acceptors (Lipinski definition) is 2. The first-order valence-corrected chi connectivity index (χ1v) is 7.33. The van der Waals surface area contributed by atoms with E-state index in [9.17, 15) is 0 Å². The van der Waals surface area contributed by atoms with Crippen molar-refractivity contribution in [1.82, 2.24) is 0 Å². The lowest BCUT2D eigenvalue weighted by Gasteiger charge is -2.11. The van der Waals surface area contributed by atoms with Crippen molar-refractivity contribution in [3.63, 3.8) is 0 Å². The first-order chi connectivity index (χ1) is 9.24. The molecule has 2 aromatic rings. The van der Waals surface area contributed by atoms with Crippen molar-refractivity contribution in [1.29, 1.82) is 0 Å². The average Bonchev–Trinajstić information content (AvgIpc) is 2.40. The lowest BCUT2D eigenvalue weighted by Crippen LogP contribution is -1.92. The van der Waals surface area contributed by atoms with Crippen LogP contribution in [-0.4, -0.2) is 7.11 Å². The summed E-state index contributed by atoms with van der Waals surface area (Å²) in [7, 11) is 1.67. The van der Waals surface area contributed by atoms with Crippen LogP contribution >= 0.6 is 27.5 Å². The lowest BCUT2D eigenvalue weighted by atomic mass is 10.2. The first kappa shape index (κ1) is 14.4. The maximum atomic E-state index is 6.15. The second kappa shape index (κ2) is 6.94. The third-order valence-electron chi connectivity index (χ3n) is 2.65. The van der Waals surface area contributed by atoms with Gasteiger partial charge in [0.1, 0.15) is 11.5 Å². The van der Waals surface area contributed by atoms with Gasteiger partial charge in [0.25, 0.3) is 0 Å². The van der Waals surface area contributed by atoms with Gasteiger partial charge < -0.3 is 9.47 Å². The fourth-order valence-electron chi connectivity index (χ4n) is 1.76. The molecule has 0 bridgehead atoms. The van der Waals surface area contributed by atoms with Crippen molar-refractivity contribution in [2.24, 2.45) is 0 Å². The summed E-state index contributed by atoms with van der Waals surface area (Å²) in [4.78, 5) is 0. The summed E-state index contributed by atoms with van der Waals surface area (Å²) in [5.74, 6) is 1.54. The highest BCUT2D eigenvalue weighted by atomic mass is 79.9. The molecule has 0 unspecified atom stereocenters. The van der Waals surface area contributed by atoms with Crippen LogP contribution in [0.1, 0.15) is 11.1 Å². The number of hydrogen-bond donors (Lipinski definition) is 0. The number of ether oxygens (including phenoxy) is 2. The molecule has 0 atom stereocenters. The van der Waals surface area contributed by atoms with E-state index in [1.165, 1.54) is 0 Å². The van der Waals surface area contributed by atoms with Crippen molar-refractivity contribution >= 4 is 27.5 Å². The van der Waals surface area contributed by atoms with Crippen LogP contribution in [0.25, 0.3) is 0 Å². The summed E-state index contributed by atoms with van der Waals surface area (Å²) in [6.07, 6.45) is 0. The van der Waals surface area contributed by atoms with Crippen LogP contribution in [0.15, 0.2) is 42.5 Å². The zero-order valence-corrected chi connectivity index (χ0v) is 12.9. The van der Waals surface area contributed by atoms with Gasteiger partial charge in [0.15, 0.2) is 0 Å². The summed E-state index contributed by atoms with van der Waals surface area (Å²) in [6.45, 7) is 0.568. The van der Waals surface area contributed by atoms with Crippen molar-refractivity contribution in [2.45, 2.75) is 11.9 Å². The predicted molar refractivity (Wildman–Crippen MR) is 81.3 cm³/mol. The Morgan fingerprint density at radius 3 is 2.68 bits per heavy atom. The van der Waals surface area contributed by atoms with Crippen LogP contribution in [0.3, 0.4) is 0 Å². The van der Waals surface area contributed by atoms with Crippen molar-refractivity contribution in [2.75, 3.05) is 7.11 Å². The number of methoxy groups -OCH3 is 1. The second-order valence-electron chi connectivity index (χ2n) is 4.03. The minimum absolute atomic E-state index is 0.568. The van der Waals surface area contributed by atoms with Gasteiger partial charge in [-0.1, -0.05) is 45.7 Å². The minimum atomic E-state index is 0.568. The van der Waals surface area contributed by atoms with E-state index in [0.29, 0.717) is 17.0 Å². The number of halogens is 2. The van der Waals surface area contributed by atoms with Gasteiger partial charge in [-0.3, -0.25) is 0 Å². The summed E-state index contributed by atoms with van der Waals surface area (Å²) in [5, 5.41) is 1.35. The quantitative estimate of drug-likeness (QED) is 0.698. The van der Waals surface area contributed by atoms with E-state index in [0.717, 1.165) is 22.6 Å². The topological polar surface area (TPSA) is 18.5 Å². The van der Waals surface area contributed by atoms with Crippen LogP contribution in [0, 0.1) is 0 Å². The van der Waals surface area contributed by atoms with Crippen LogP contribution in [0.4, 0.5) is 0 Å². The summed E-state index contributed by atoms with van der Waals surface area (Å²) >= 11 is 9.57. The fourth-order valence-corrected chi connectivity index (χ4v) is 2.73. The Bertz CT molecular complexity index is 558. The van der Waals surface area contributed by atoms with Gasteiger partial charge in [0.2, 0.25) is 0 Å². The molecule has 0 fully saturated rings. The van der Waals surface area contributed by atoms with Gasteiger partial charge in [-0.25, -0.2) is 0 Å². The molecule has 0 aliphatic rings. The molecule has 0 saturated heterocycles. The zero-order chi connectivity index (χ0) is 13.7. The summed E-state index contributed by atoms with van der Waals surface area (Å²) in [5.41, 5.74) is 2.02. The van der Waals surface area contributed by atoms with Crippen molar-refractivity contribution in [3.05, 3.63) is 58.6 Å². The molecule has 100 valence electrons. The van der Waals surface area contributed by atoms with Crippen molar-refractivity contribution in [3.8, 4) is 11.5 Å². The Labute approximate surface area is 126 Å². The molecule has 0 aliphatic heterocycles. The first-order valence-electron chi connectivity index (χ1n) is 5.83. The minimum Gasteiger partial charge on any atom is -0.457 e. The molecule has 0 heterocycles. The van der Waals surface area contributed by atoms with Gasteiger partial charge in [-0.05, 0) is 29.8 Å².